The second kappa shape index (κ2) is 8.51. The van der Waals surface area contributed by atoms with Crippen molar-refractivity contribution >= 4 is 33.2 Å². The Morgan fingerprint density at radius 3 is 2.67 bits per heavy atom. The number of nitrogens with zero attached hydrogens (tertiary/aromatic N) is 2. The number of pyridine rings is 1. The number of carbonyl (C=O) groups is 1. The molecule has 0 aliphatic heterocycles. The molecule has 0 spiro atoms. The van der Waals surface area contributed by atoms with Gasteiger partial charge in [-0.1, -0.05) is 28.1 Å². The molecule has 0 aliphatic carbocycles. The summed E-state index contributed by atoms with van der Waals surface area (Å²) in [5, 5.41) is 2.85. The zero-order valence-corrected chi connectivity index (χ0v) is 17.7. The first kappa shape index (κ1) is 19.8. The number of hydrogen-bond acceptors (Lipinski definition) is 4. The van der Waals surface area contributed by atoms with E-state index in [0.717, 1.165) is 10.0 Å². The molecule has 1 amide bonds. The number of aromatic nitrogens is 2. The third kappa shape index (κ3) is 4.41. The summed E-state index contributed by atoms with van der Waals surface area (Å²) in [5.41, 5.74) is 3.17. The lowest BCUT2D eigenvalue weighted by Gasteiger charge is -2.09. The molecule has 0 radical (unpaired) electrons. The van der Waals surface area contributed by atoms with E-state index in [-0.39, 0.29) is 18.1 Å². The van der Waals surface area contributed by atoms with Gasteiger partial charge in [0.25, 0.3) is 11.5 Å². The zero-order chi connectivity index (χ0) is 21.1. The quantitative estimate of drug-likeness (QED) is 0.469. The molecule has 30 heavy (non-hydrogen) atoms. The smallest absolute Gasteiger partial charge is 0.258 e. The van der Waals surface area contributed by atoms with E-state index < -0.39 is 0 Å². The molecule has 2 aromatic carbocycles. The topological polar surface area (TPSA) is 72.7 Å². The van der Waals surface area contributed by atoms with Crippen LogP contribution in [0.25, 0.3) is 5.65 Å². The molecule has 0 saturated carbocycles. The van der Waals surface area contributed by atoms with E-state index in [1.807, 2.05) is 31.2 Å². The highest BCUT2D eigenvalue weighted by Gasteiger charge is 2.08. The first-order valence-corrected chi connectivity index (χ1v) is 10.1. The monoisotopic (exact) mass is 463 g/mol. The molecule has 0 aliphatic rings. The van der Waals surface area contributed by atoms with Gasteiger partial charge in [-0.25, -0.2) is 4.98 Å². The molecule has 150 valence electrons. The number of halogens is 1. The van der Waals surface area contributed by atoms with Crippen molar-refractivity contribution in [1.82, 2.24) is 9.38 Å². The molecule has 2 aromatic heterocycles. The summed E-state index contributed by atoms with van der Waals surface area (Å²) in [5.74, 6) is 0.420. The normalized spacial score (nSPS) is 10.7. The number of ether oxygens (including phenoxy) is 1. The van der Waals surface area contributed by atoms with Crippen LogP contribution >= 0.6 is 15.9 Å². The van der Waals surface area contributed by atoms with Crippen LogP contribution in [0.4, 0.5) is 5.69 Å². The molecule has 6 nitrogen and oxygen atoms in total. The number of fused-ring (bicyclic) bond motifs is 1. The number of aryl methyl sites for hydroxylation is 1. The van der Waals surface area contributed by atoms with Gasteiger partial charge >= 0.3 is 0 Å². The van der Waals surface area contributed by atoms with E-state index in [0.29, 0.717) is 28.3 Å². The standard InChI is InChI=1S/C23H18BrN3O3/c1-15-4-3-11-27-21(28)13-19(25-22(15)27)14-30-20-9-7-18(8-10-20)26-23(29)16-5-2-6-17(24)12-16/h2-13H,14H2,1H3,(H,26,29). The van der Waals surface area contributed by atoms with Crippen LogP contribution in [0.5, 0.6) is 5.75 Å². The molecule has 4 aromatic rings. The van der Waals surface area contributed by atoms with Crippen molar-refractivity contribution < 1.29 is 9.53 Å². The Kier molecular flexibility index (Phi) is 5.63. The van der Waals surface area contributed by atoms with Crippen LogP contribution in [-0.2, 0) is 6.61 Å². The Labute approximate surface area is 181 Å². The molecule has 0 saturated heterocycles. The lowest BCUT2D eigenvalue weighted by atomic mass is 10.2. The number of rotatable bonds is 5. The maximum absolute atomic E-state index is 12.3. The average molecular weight is 464 g/mol. The van der Waals surface area contributed by atoms with Crippen LogP contribution in [0.1, 0.15) is 21.6 Å². The van der Waals surface area contributed by atoms with E-state index in [1.165, 1.54) is 10.5 Å². The fourth-order valence-corrected chi connectivity index (χ4v) is 3.41. The Hall–Kier alpha value is -3.45. The van der Waals surface area contributed by atoms with Gasteiger partial charge in [0, 0.05) is 28.0 Å². The second-order valence-electron chi connectivity index (χ2n) is 6.75. The number of nitrogens with one attached hydrogen (secondary N) is 1. The van der Waals surface area contributed by atoms with E-state index >= 15 is 0 Å². The Bertz CT molecular complexity index is 1280. The minimum absolute atomic E-state index is 0.145. The fourth-order valence-electron chi connectivity index (χ4n) is 3.01. The first-order chi connectivity index (χ1) is 14.5. The van der Waals surface area contributed by atoms with Gasteiger partial charge in [-0.3, -0.25) is 14.0 Å². The third-order valence-electron chi connectivity index (χ3n) is 4.52. The maximum atomic E-state index is 12.3. The van der Waals surface area contributed by atoms with Crippen LogP contribution in [0.3, 0.4) is 0 Å². The van der Waals surface area contributed by atoms with Gasteiger partial charge in [0.05, 0.1) is 5.69 Å². The van der Waals surface area contributed by atoms with Gasteiger partial charge in [-0.05, 0) is 61.0 Å². The first-order valence-electron chi connectivity index (χ1n) is 9.27. The number of benzene rings is 2. The van der Waals surface area contributed by atoms with Crippen molar-refractivity contribution in [3.63, 3.8) is 0 Å². The highest BCUT2D eigenvalue weighted by molar-refractivity contribution is 9.10. The van der Waals surface area contributed by atoms with Gasteiger partial charge < -0.3 is 10.1 Å². The van der Waals surface area contributed by atoms with Crippen LogP contribution in [0.2, 0.25) is 0 Å². The van der Waals surface area contributed by atoms with Gasteiger partial charge in [-0.15, -0.1) is 0 Å². The number of anilines is 1. The molecule has 0 bridgehead atoms. The predicted molar refractivity (Wildman–Crippen MR) is 119 cm³/mol. The number of hydrogen-bond donors (Lipinski definition) is 1. The van der Waals surface area contributed by atoms with Crippen LogP contribution < -0.4 is 15.6 Å². The molecular weight excluding hydrogens is 446 g/mol. The molecule has 0 atom stereocenters. The highest BCUT2D eigenvalue weighted by Crippen LogP contribution is 2.19. The summed E-state index contributed by atoms with van der Waals surface area (Å²) in [6, 6.07) is 19.4. The van der Waals surface area contributed by atoms with Crippen molar-refractivity contribution in [2.24, 2.45) is 0 Å². The Balaban J connectivity index is 1.43. The SMILES string of the molecule is Cc1cccn2c(=O)cc(COc3ccc(NC(=O)c4cccc(Br)c4)cc3)nc12. The van der Waals surface area contributed by atoms with E-state index in [4.69, 9.17) is 4.74 Å². The van der Waals surface area contributed by atoms with Crippen molar-refractivity contribution in [3.8, 4) is 5.75 Å². The summed E-state index contributed by atoms with van der Waals surface area (Å²) in [4.78, 5) is 29.1. The maximum Gasteiger partial charge on any atom is 0.258 e. The van der Waals surface area contributed by atoms with Crippen LogP contribution in [0, 0.1) is 6.92 Å². The van der Waals surface area contributed by atoms with Gasteiger partial charge in [0.1, 0.15) is 18.0 Å². The summed E-state index contributed by atoms with van der Waals surface area (Å²) in [6.45, 7) is 2.08. The van der Waals surface area contributed by atoms with E-state index in [9.17, 15) is 9.59 Å². The van der Waals surface area contributed by atoms with Crippen LogP contribution in [-0.4, -0.2) is 15.3 Å². The van der Waals surface area contributed by atoms with Gasteiger partial charge in [-0.2, -0.15) is 0 Å². The number of amides is 1. The molecule has 2 heterocycles. The van der Waals surface area contributed by atoms with E-state index in [1.54, 1.807) is 42.6 Å². The van der Waals surface area contributed by atoms with Crippen molar-refractivity contribution in [2.45, 2.75) is 13.5 Å². The number of carbonyl (C=O) groups excluding carboxylic acids is 1. The molecule has 4 rings (SSSR count). The summed E-state index contributed by atoms with van der Waals surface area (Å²) >= 11 is 3.36. The summed E-state index contributed by atoms with van der Waals surface area (Å²) in [6.07, 6.45) is 1.70. The average Bonchev–Trinajstić information content (AvgIpc) is 2.74. The lowest BCUT2D eigenvalue weighted by Crippen LogP contribution is -2.17. The van der Waals surface area contributed by atoms with Crippen molar-refractivity contribution in [1.29, 1.82) is 0 Å². The fraction of sp³-hybridized carbons (Fsp3) is 0.0870. The third-order valence-corrected chi connectivity index (χ3v) is 5.02. The minimum atomic E-state index is -0.193. The minimum Gasteiger partial charge on any atom is -0.487 e. The van der Waals surface area contributed by atoms with E-state index in [2.05, 4.69) is 26.2 Å². The van der Waals surface area contributed by atoms with Crippen molar-refractivity contribution in [2.75, 3.05) is 5.32 Å². The second-order valence-corrected chi connectivity index (χ2v) is 7.66. The van der Waals surface area contributed by atoms with Gasteiger partial charge in [0.15, 0.2) is 0 Å². The summed E-state index contributed by atoms with van der Waals surface area (Å²) in [7, 11) is 0. The van der Waals surface area contributed by atoms with Crippen molar-refractivity contribution in [3.05, 3.63) is 105 Å². The Morgan fingerprint density at radius 1 is 1.10 bits per heavy atom. The largest absolute Gasteiger partial charge is 0.487 e. The molecule has 0 unspecified atom stereocenters. The lowest BCUT2D eigenvalue weighted by molar-refractivity contribution is 0.102. The molecular formula is C23H18BrN3O3. The van der Waals surface area contributed by atoms with Crippen LogP contribution in [0.15, 0.2) is 82.2 Å². The zero-order valence-electron chi connectivity index (χ0n) is 16.1. The molecule has 7 heteroatoms. The summed E-state index contributed by atoms with van der Waals surface area (Å²) < 4.78 is 8.13. The van der Waals surface area contributed by atoms with Gasteiger partial charge in [0.2, 0.25) is 0 Å². The Morgan fingerprint density at radius 2 is 1.90 bits per heavy atom. The molecule has 0 fully saturated rings. The predicted octanol–water partition coefficient (Wildman–Crippen LogP) is 4.60. The highest BCUT2D eigenvalue weighted by atomic mass is 79.9. The molecule has 1 N–H and O–H groups in total.